The molecule has 12 aromatic carbocycles. The number of hydrogen-bond acceptors (Lipinski definition) is 13. The van der Waals surface area contributed by atoms with Crippen LogP contribution in [0.5, 0.6) is 0 Å². The summed E-state index contributed by atoms with van der Waals surface area (Å²) in [6, 6.07) is 131. The number of rotatable bonds is 40. The number of hydrogen-bond donors (Lipinski definition) is 0. The average molecular weight is 2070 g/mol. The second-order valence-corrected chi connectivity index (χ2v) is 45.4. The SMILES string of the molecule is CC.CCCCCN1CCN(C(=O)OC(C)(C)C)CC1.CC[N-]CCCCCN1CCN(CC(=O)OC)CC1.CC[N-]CCCCCN1CCN(CC(C)=O)CC1.N#CCN1CCN(CCCCC[NH-])CC1.c1ccc([S+](c2ccccc2)c2ccccc2)cc1.c1ccc([S+](c2ccccc2)c2ccccc2)cc1.c1ccc([S+](c2ccccc2)c2ccccc2)cc1.c1ccc([S+](c2ccccc2)c2ccccc2)cc1. The van der Waals surface area contributed by atoms with Crippen molar-refractivity contribution in [1.82, 2.24) is 39.2 Å². The van der Waals surface area contributed by atoms with Crippen molar-refractivity contribution in [3.63, 3.8) is 0 Å². The molecule has 0 unspecified atom stereocenters. The molecule has 0 aliphatic carbocycles. The Kier molecular flexibility index (Phi) is 63.1. The molecular formula is C127H171N12O5S4+. The Morgan fingerprint density at radius 2 is 0.527 bits per heavy atom. The highest BCUT2D eigenvalue weighted by Gasteiger charge is 2.33. The van der Waals surface area contributed by atoms with Gasteiger partial charge in [0.15, 0.2) is 58.7 Å². The van der Waals surface area contributed by atoms with Crippen LogP contribution in [0.25, 0.3) is 16.4 Å². The van der Waals surface area contributed by atoms with Crippen LogP contribution in [0, 0.1) is 11.3 Å². The maximum Gasteiger partial charge on any atom is 0.410 e. The van der Waals surface area contributed by atoms with Gasteiger partial charge in [-0.2, -0.15) is 24.9 Å². The second-order valence-electron chi connectivity index (χ2n) is 37.2. The topological polar surface area (TPSA) is 171 Å². The molecule has 16 rings (SSSR count). The number of ether oxygens (including phenoxy) is 2. The Labute approximate surface area is 903 Å². The van der Waals surface area contributed by atoms with Crippen molar-refractivity contribution in [3.05, 3.63) is 380 Å². The van der Waals surface area contributed by atoms with Crippen molar-refractivity contribution < 1.29 is 23.9 Å². The quantitative estimate of drug-likeness (QED) is 0.0154. The van der Waals surface area contributed by atoms with Crippen molar-refractivity contribution >= 4 is 61.4 Å². The van der Waals surface area contributed by atoms with E-state index in [0.717, 1.165) is 144 Å². The van der Waals surface area contributed by atoms with Crippen molar-refractivity contribution in [2.24, 2.45) is 0 Å². The maximum atomic E-state index is 11.9. The van der Waals surface area contributed by atoms with Gasteiger partial charge in [0.25, 0.3) is 0 Å². The Morgan fingerprint density at radius 3 is 0.736 bits per heavy atom. The third-order valence-electron chi connectivity index (χ3n) is 24.7. The molecule has 0 radical (unpaired) electrons. The molecule has 21 heteroatoms. The van der Waals surface area contributed by atoms with E-state index >= 15 is 0 Å². The first-order chi connectivity index (χ1) is 72.6. The molecule has 1 amide bonds. The van der Waals surface area contributed by atoms with Crippen molar-refractivity contribution in [3.8, 4) is 6.07 Å². The maximum absolute atomic E-state index is 11.9. The molecule has 4 aliphatic heterocycles. The monoisotopic (exact) mass is 2070 g/mol. The number of amides is 1. The van der Waals surface area contributed by atoms with E-state index in [9.17, 15) is 14.4 Å². The van der Waals surface area contributed by atoms with Crippen LogP contribution >= 0.6 is 0 Å². The van der Waals surface area contributed by atoms with Gasteiger partial charge in [-0.3, -0.25) is 29.2 Å². The number of carbonyl (C=O) groups excluding carboxylic acids is 3. The van der Waals surface area contributed by atoms with Crippen LogP contribution in [-0.2, 0) is 62.6 Å². The Balaban J connectivity index is 0.000000206. The summed E-state index contributed by atoms with van der Waals surface area (Å²) in [7, 11) is 1.39. The molecule has 4 fully saturated rings. The fraction of sp³-hybridized carbons (Fsp3) is 0.402. The van der Waals surface area contributed by atoms with E-state index in [1.807, 2.05) is 39.5 Å². The van der Waals surface area contributed by atoms with Gasteiger partial charge in [0.2, 0.25) is 0 Å². The molecule has 1 N–H and O–H groups in total. The van der Waals surface area contributed by atoms with Gasteiger partial charge in [0, 0.05) is 105 Å². The summed E-state index contributed by atoms with van der Waals surface area (Å²) in [5.74, 6) is 0.149. The molecule has 12 aromatic rings. The zero-order chi connectivity index (χ0) is 105. The summed E-state index contributed by atoms with van der Waals surface area (Å²) >= 11 is 0. The van der Waals surface area contributed by atoms with E-state index in [0.29, 0.717) is 26.2 Å². The Bertz CT molecular complexity index is 4480. The first-order valence-corrected chi connectivity index (χ1v) is 58.9. The van der Waals surface area contributed by atoms with Gasteiger partial charge in [-0.05, 0) is 225 Å². The van der Waals surface area contributed by atoms with E-state index in [1.54, 1.807) is 6.92 Å². The fourth-order valence-electron chi connectivity index (χ4n) is 17.0. The van der Waals surface area contributed by atoms with Crippen LogP contribution in [0.2, 0.25) is 0 Å². The number of ketones is 1. The van der Waals surface area contributed by atoms with Crippen LogP contribution in [0.15, 0.2) is 423 Å². The number of esters is 1. The summed E-state index contributed by atoms with van der Waals surface area (Å²) in [4.78, 5) is 68.8. The number of nitrogens with one attached hydrogen (secondary N) is 1. The molecule has 4 heterocycles. The third-order valence-corrected chi connectivity index (χ3v) is 33.7. The molecule has 0 bridgehead atoms. The minimum atomic E-state index is -0.394. The van der Waals surface area contributed by atoms with Gasteiger partial charge in [-0.25, -0.2) is 4.79 Å². The van der Waals surface area contributed by atoms with E-state index in [-0.39, 0.29) is 61.4 Å². The molecule has 4 saturated heterocycles. The van der Waals surface area contributed by atoms with Crippen LogP contribution < -0.4 is 0 Å². The number of nitriles is 1. The molecule has 792 valence electrons. The highest BCUT2D eigenvalue weighted by molar-refractivity contribution is 7.98. The first kappa shape index (κ1) is 123. The molecule has 17 nitrogen and oxygen atoms in total. The van der Waals surface area contributed by atoms with Crippen LogP contribution in [0.1, 0.15) is 139 Å². The van der Waals surface area contributed by atoms with Crippen molar-refractivity contribution in [1.29, 1.82) is 5.26 Å². The molecular weight excluding hydrogens is 1900 g/mol. The Hall–Kier alpha value is -10.5. The van der Waals surface area contributed by atoms with Gasteiger partial charge in [-0.1, -0.05) is 304 Å². The standard InChI is InChI=1S/4C18H15S.C14H28N3O2.C14H28N3O.C14H28N2O2.C11H21N4.C2H6/c4*1-4-10-16(11-5-1)19(17-12-6-2-7-13-17)18-14-8-3-9-15-18;1-3-15-7-5-4-6-8-16-9-11-17(12-10-16)13-14(18)19-2;1-3-15-7-5-4-6-8-16-9-11-17(12-10-16)13-14(2)18;1-5-6-7-8-15-9-11-16(12-10-15)13(17)18-14(2,3)4;12-4-2-1-3-6-14-8-10-15(7-5-13)11-9-14;1-2/h4*1-15H;3-13H2,1-2H3;3-13H2,1-2H3;5-12H2,1-4H3;12H,1-4,6-11H2;1-2H3/q4*+1;2*-1;;-1;. The highest BCUT2D eigenvalue weighted by Crippen LogP contribution is 2.35. The van der Waals surface area contributed by atoms with E-state index < -0.39 is 5.60 Å². The lowest BCUT2D eigenvalue weighted by Crippen LogP contribution is -2.50. The summed E-state index contributed by atoms with van der Waals surface area (Å²) in [5, 5.41) is 17.2. The fourth-order valence-corrected chi connectivity index (χ4v) is 25.4. The lowest BCUT2D eigenvalue weighted by Gasteiger charge is -2.35. The number of piperazine rings is 4. The number of unbranched alkanes of at least 4 members (excludes halogenated alkanes) is 8. The number of methoxy groups -OCH3 is 1. The first-order valence-electron chi connectivity index (χ1n) is 54.0. The second kappa shape index (κ2) is 76.1. The van der Waals surface area contributed by atoms with Crippen LogP contribution in [0.3, 0.4) is 0 Å². The zero-order valence-corrected chi connectivity index (χ0v) is 93.8. The summed E-state index contributed by atoms with van der Waals surface area (Å²) in [5.41, 5.74) is 6.65. The summed E-state index contributed by atoms with van der Waals surface area (Å²) in [6.07, 6.45) is 14.6. The normalized spacial score (nSPS) is 14.0. The Morgan fingerprint density at radius 1 is 0.311 bits per heavy atom. The third kappa shape index (κ3) is 49.5. The van der Waals surface area contributed by atoms with Gasteiger partial charge in [0.05, 0.1) is 76.4 Å². The van der Waals surface area contributed by atoms with Crippen molar-refractivity contribution in [2.45, 2.75) is 204 Å². The predicted octanol–water partition coefficient (Wildman–Crippen LogP) is 27.3. The van der Waals surface area contributed by atoms with Crippen LogP contribution in [-0.4, -0.2) is 253 Å². The highest BCUT2D eigenvalue weighted by atomic mass is 32.2. The molecule has 148 heavy (non-hydrogen) atoms. The summed E-state index contributed by atoms with van der Waals surface area (Å²) < 4.78 is 10.1. The lowest BCUT2D eigenvalue weighted by molar-refractivity contribution is -0.142. The molecule has 0 spiro atoms. The number of Topliss-reactive ketones (excluding diaryl/α,β-unsaturated/α-hetero) is 1. The number of carbonyl (C=O) groups is 3. The average Bonchev–Trinajstić information content (AvgIpc) is 0.828. The van der Waals surface area contributed by atoms with Crippen LogP contribution in [0.4, 0.5) is 4.79 Å². The minimum absolute atomic E-state index is 0.0146. The minimum Gasteiger partial charge on any atom is -0.677 e. The van der Waals surface area contributed by atoms with E-state index in [2.05, 4.69) is 440 Å². The molecule has 0 aromatic heterocycles. The van der Waals surface area contributed by atoms with Gasteiger partial charge in [0.1, 0.15) is 11.4 Å². The van der Waals surface area contributed by atoms with Gasteiger partial charge in [-0.15, -0.1) is 13.1 Å². The van der Waals surface area contributed by atoms with Gasteiger partial charge < -0.3 is 45.4 Å². The number of nitrogens with zero attached hydrogens (tertiary/aromatic N) is 11. The molecule has 4 aliphatic rings. The lowest BCUT2D eigenvalue weighted by atomic mass is 10.2. The zero-order valence-electron chi connectivity index (χ0n) is 90.5. The largest absolute Gasteiger partial charge is 0.677 e. The molecule has 0 atom stereocenters. The van der Waals surface area contributed by atoms with E-state index in [4.69, 9.17) is 15.7 Å². The van der Waals surface area contributed by atoms with Crippen molar-refractivity contribution in [2.75, 3.05) is 190 Å². The van der Waals surface area contributed by atoms with E-state index in [1.165, 1.54) is 156 Å². The predicted molar refractivity (Wildman–Crippen MR) is 626 cm³/mol. The number of benzene rings is 12. The van der Waals surface area contributed by atoms with Gasteiger partial charge >= 0.3 is 12.1 Å². The summed E-state index contributed by atoms with van der Waals surface area (Å²) in [6.45, 7) is 44.9. The smallest absolute Gasteiger partial charge is 0.410 e. The molecule has 0 saturated carbocycles.